The van der Waals surface area contributed by atoms with Crippen LogP contribution < -0.4 is 4.74 Å². The van der Waals surface area contributed by atoms with Crippen LogP contribution in [0.15, 0.2) is 60.7 Å². The predicted octanol–water partition coefficient (Wildman–Crippen LogP) is 5.35. The van der Waals surface area contributed by atoms with Crippen molar-refractivity contribution in [1.82, 2.24) is 14.5 Å². The minimum atomic E-state index is -0.677. The van der Waals surface area contributed by atoms with E-state index in [0.29, 0.717) is 34.6 Å². The van der Waals surface area contributed by atoms with Crippen molar-refractivity contribution in [2.24, 2.45) is 0 Å². The zero-order valence-electron chi connectivity index (χ0n) is 24.9. The number of aromatic nitrogens is 2. The normalized spacial score (nSPS) is 26.4. The minimum Gasteiger partial charge on any atom is -0.470 e. The van der Waals surface area contributed by atoms with Crippen molar-refractivity contribution in [2.45, 2.75) is 62.7 Å². The Balaban J connectivity index is 1.07. The monoisotopic (exact) mass is 613 g/mol. The molecule has 4 fully saturated rings. The number of likely N-dealkylation sites (tertiary alicyclic amines) is 1. The van der Waals surface area contributed by atoms with Crippen molar-refractivity contribution in [3.05, 3.63) is 72.0 Å². The Morgan fingerprint density at radius 3 is 2.31 bits per heavy atom. The molecular formula is C35H36FN3O6. The van der Waals surface area contributed by atoms with Crippen LogP contribution in [0, 0.1) is 5.82 Å². The molecule has 1 amide bonds. The van der Waals surface area contributed by atoms with Crippen LogP contribution in [0.5, 0.6) is 5.88 Å². The summed E-state index contributed by atoms with van der Waals surface area (Å²) in [6.45, 7) is 2.76. The third kappa shape index (κ3) is 5.29. The van der Waals surface area contributed by atoms with Crippen molar-refractivity contribution in [1.29, 1.82) is 0 Å². The van der Waals surface area contributed by atoms with Gasteiger partial charge in [0.2, 0.25) is 0 Å². The molecule has 4 aromatic rings. The van der Waals surface area contributed by atoms with Gasteiger partial charge in [-0.1, -0.05) is 36.4 Å². The maximum atomic E-state index is 15.8. The minimum absolute atomic E-state index is 0.0789. The molecule has 2 aromatic heterocycles. The number of ether oxygens (including phenoxy) is 4. The van der Waals surface area contributed by atoms with Gasteiger partial charge in [-0.2, -0.15) is 0 Å². The van der Waals surface area contributed by atoms with Gasteiger partial charge in [-0.15, -0.1) is 0 Å². The third-order valence-corrected chi connectivity index (χ3v) is 9.46. The summed E-state index contributed by atoms with van der Waals surface area (Å²) < 4.78 is 41.8. The first kappa shape index (κ1) is 28.6. The van der Waals surface area contributed by atoms with Crippen LogP contribution in [0.2, 0.25) is 0 Å². The zero-order chi connectivity index (χ0) is 30.5. The van der Waals surface area contributed by atoms with Gasteiger partial charge < -0.3 is 29.0 Å². The first-order valence-corrected chi connectivity index (χ1v) is 15.9. The summed E-state index contributed by atoms with van der Waals surface area (Å²) in [7, 11) is 0. The lowest BCUT2D eigenvalue weighted by Gasteiger charge is -2.27. The van der Waals surface area contributed by atoms with Crippen molar-refractivity contribution in [3.63, 3.8) is 0 Å². The second kappa shape index (κ2) is 11.8. The van der Waals surface area contributed by atoms with Crippen LogP contribution in [-0.2, 0) is 14.2 Å². The number of carbonyl (C=O) groups is 1. The maximum absolute atomic E-state index is 15.8. The van der Waals surface area contributed by atoms with Crippen LogP contribution in [0.25, 0.3) is 33.4 Å². The predicted molar refractivity (Wildman–Crippen MR) is 164 cm³/mol. The number of aliphatic hydroxyl groups is 1. The number of fused-ring (bicyclic) bond motifs is 2. The molecule has 0 bridgehead atoms. The van der Waals surface area contributed by atoms with E-state index < -0.39 is 24.1 Å². The van der Waals surface area contributed by atoms with E-state index in [4.69, 9.17) is 23.9 Å². The molecular weight excluding hydrogens is 577 g/mol. The largest absolute Gasteiger partial charge is 0.470 e. The SMILES string of the molecule is O=C(c1ccc(-c2ccc(-c3nc4cc(O[C@@H]5CO[C@H]6[C@@H]5OC[C@H]6O)n(C5CCCCO5)c4cc3F)cc2)cc1)N1CCCC1. The average molecular weight is 614 g/mol. The van der Waals surface area contributed by atoms with Crippen LogP contribution in [0.1, 0.15) is 48.7 Å². The van der Waals surface area contributed by atoms with Crippen molar-refractivity contribution in [2.75, 3.05) is 32.9 Å². The van der Waals surface area contributed by atoms with Crippen LogP contribution >= 0.6 is 0 Å². The molecule has 45 heavy (non-hydrogen) atoms. The highest BCUT2D eigenvalue weighted by Gasteiger charge is 2.49. The quantitative estimate of drug-likeness (QED) is 0.313. The smallest absolute Gasteiger partial charge is 0.253 e. The topological polar surface area (TPSA) is 95.3 Å². The van der Waals surface area contributed by atoms with Crippen LogP contribution in [-0.4, -0.2) is 82.8 Å². The Labute approximate surface area is 260 Å². The summed E-state index contributed by atoms with van der Waals surface area (Å²) in [4.78, 5) is 19.4. The van der Waals surface area contributed by atoms with Gasteiger partial charge in [0, 0.05) is 43.0 Å². The zero-order valence-corrected chi connectivity index (χ0v) is 24.9. The molecule has 5 atom stereocenters. The van der Waals surface area contributed by atoms with E-state index in [2.05, 4.69) is 0 Å². The highest BCUT2D eigenvalue weighted by molar-refractivity contribution is 5.95. The number of aliphatic hydroxyl groups excluding tert-OH is 1. The number of halogens is 1. The van der Waals surface area contributed by atoms with Gasteiger partial charge in [0.25, 0.3) is 5.91 Å². The first-order valence-electron chi connectivity index (χ1n) is 15.9. The van der Waals surface area contributed by atoms with E-state index in [0.717, 1.165) is 56.3 Å². The molecule has 0 saturated carbocycles. The van der Waals surface area contributed by atoms with Gasteiger partial charge in [-0.3, -0.25) is 9.36 Å². The van der Waals surface area contributed by atoms with Gasteiger partial charge in [-0.25, -0.2) is 9.37 Å². The molecule has 2 aromatic carbocycles. The molecule has 4 aliphatic heterocycles. The molecule has 8 rings (SSSR count). The molecule has 1 unspecified atom stereocenters. The summed E-state index contributed by atoms with van der Waals surface area (Å²) in [5, 5.41) is 10.2. The number of nitrogens with zero attached hydrogens (tertiary/aromatic N) is 3. The Bertz CT molecular complexity index is 1700. The molecule has 9 nitrogen and oxygen atoms in total. The number of amides is 1. The number of carbonyl (C=O) groups excluding carboxylic acids is 1. The lowest BCUT2D eigenvalue weighted by atomic mass is 10.0. The van der Waals surface area contributed by atoms with E-state index in [1.807, 2.05) is 64.1 Å². The van der Waals surface area contributed by atoms with Gasteiger partial charge >= 0.3 is 0 Å². The second-order valence-electron chi connectivity index (χ2n) is 12.4. The number of rotatable bonds is 6. The molecule has 234 valence electrons. The Morgan fingerprint density at radius 1 is 0.867 bits per heavy atom. The van der Waals surface area contributed by atoms with Crippen molar-refractivity contribution >= 4 is 16.9 Å². The van der Waals surface area contributed by atoms with E-state index in [1.54, 1.807) is 0 Å². The van der Waals surface area contributed by atoms with E-state index in [1.165, 1.54) is 6.07 Å². The molecule has 6 heterocycles. The van der Waals surface area contributed by atoms with Crippen LogP contribution in [0.3, 0.4) is 0 Å². The van der Waals surface area contributed by atoms with Crippen molar-refractivity contribution in [3.8, 4) is 28.3 Å². The Kier molecular flexibility index (Phi) is 7.53. The molecule has 0 aliphatic carbocycles. The lowest BCUT2D eigenvalue weighted by molar-refractivity contribution is -0.0392. The number of hydrogen-bond acceptors (Lipinski definition) is 7. The summed E-state index contributed by atoms with van der Waals surface area (Å²) in [6.07, 6.45) is 2.69. The molecule has 1 N–H and O–H groups in total. The Morgan fingerprint density at radius 2 is 1.58 bits per heavy atom. The highest BCUT2D eigenvalue weighted by Crippen LogP contribution is 2.38. The van der Waals surface area contributed by atoms with Crippen molar-refractivity contribution < 1.29 is 33.2 Å². The highest BCUT2D eigenvalue weighted by atomic mass is 19.1. The maximum Gasteiger partial charge on any atom is 0.253 e. The molecule has 0 spiro atoms. The fourth-order valence-corrected chi connectivity index (χ4v) is 7.04. The second-order valence-corrected chi connectivity index (χ2v) is 12.4. The summed E-state index contributed by atoms with van der Waals surface area (Å²) in [5.41, 5.74) is 4.74. The van der Waals surface area contributed by atoms with Gasteiger partial charge in [0.1, 0.15) is 30.2 Å². The van der Waals surface area contributed by atoms with Gasteiger partial charge in [-0.05, 0) is 55.4 Å². The first-order chi connectivity index (χ1) is 22.0. The van der Waals surface area contributed by atoms with Gasteiger partial charge in [0.05, 0.1) is 24.2 Å². The molecule has 0 radical (unpaired) electrons. The number of pyridine rings is 1. The fourth-order valence-electron chi connectivity index (χ4n) is 7.04. The molecule has 4 saturated heterocycles. The van der Waals surface area contributed by atoms with E-state index >= 15 is 4.39 Å². The number of hydrogen-bond donors (Lipinski definition) is 1. The standard InChI is InChI=1S/C35H36FN3O6/c36-25-17-27-26(18-31(39(27)30-5-1-4-16-42-30)45-29-20-44-33-28(40)19-43-34(29)33)37-32(25)23-10-6-21(7-11-23)22-8-12-24(13-9-22)35(41)38-14-2-3-15-38/h6-13,17-18,28-30,33-34,40H,1-5,14-16,19-20H2/t28-,29-,30?,33-,34-/m1/s1. The molecule has 10 heteroatoms. The summed E-state index contributed by atoms with van der Waals surface area (Å²) in [5.74, 6) is 0.158. The van der Waals surface area contributed by atoms with Gasteiger partial charge in [0.15, 0.2) is 17.8 Å². The average Bonchev–Trinajstić information content (AvgIpc) is 3.88. The lowest BCUT2D eigenvalue weighted by Crippen LogP contribution is -2.35. The number of benzene rings is 2. The van der Waals surface area contributed by atoms with Crippen LogP contribution in [0.4, 0.5) is 4.39 Å². The van der Waals surface area contributed by atoms with E-state index in [-0.39, 0.29) is 37.1 Å². The molecule has 4 aliphatic rings. The Hall–Kier alpha value is -3.83. The summed E-state index contributed by atoms with van der Waals surface area (Å²) >= 11 is 0. The third-order valence-electron chi connectivity index (χ3n) is 9.46. The summed E-state index contributed by atoms with van der Waals surface area (Å²) in [6, 6.07) is 18.6. The fraction of sp³-hybridized carbons (Fsp3) is 0.429. The van der Waals surface area contributed by atoms with E-state index in [9.17, 15) is 9.90 Å².